The molecular formula is C32H52N2. The van der Waals surface area contributed by atoms with Crippen LogP contribution in [0.25, 0.3) is 11.1 Å². The summed E-state index contributed by atoms with van der Waals surface area (Å²) in [6, 6.07) is 9.18. The second-order valence-electron chi connectivity index (χ2n) is 10.2. The van der Waals surface area contributed by atoms with Crippen molar-refractivity contribution in [3.05, 3.63) is 46.5 Å². The number of benzene rings is 2. The Kier molecular flexibility index (Phi) is 13.2. The van der Waals surface area contributed by atoms with Gasteiger partial charge in [-0.2, -0.15) is 0 Å². The summed E-state index contributed by atoms with van der Waals surface area (Å²) < 4.78 is 0. The molecule has 2 nitrogen and oxygen atoms in total. The van der Waals surface area contributed by atoms with Crippen LogP contribution in [0.5, 0.6) is 0 Å². The zero-order valence-corrected chi connectivity index (χ0v) is 22.8. The lowest BCUT2D eigenvalue weighted by Crippen LogP contribution is -2.07. The lowest BCUT2D eigenvalue weighted by Gasteiger charge is -2.20. The van der Waals surface area contributed by atoms with Gasteiger partial charge in [0.25, 0.3) is 0 Å². The van der Waals surface area contributed by atoms with Gasteiger partial charge >= 0.3 is 0 Å². The van der Waals surface area contributed by atoms with Crippen LogP contribution in [0, 0.1) is 0 Å². The Bertz CT molecular complexity index is 781. The van der Waals surface area contributed by atoms with Crippen LogP contribution >= 0.6 is 0 Å². The first kappa shape index (κ1) is 28.3. The van der Waals surface area contributed by atoms with Crippen molar-refractivity contribution >= 4 is 11.4 Å². The molecule has 2 aromatic carbocycles. The highest BCUT2D eigenvalue weighted by atomic mass is 14.6. The minimum absolute atomic E-state index is 0.968. The molecule has 0 aromatic heterocycles. The SMILES string of the molecule is CCCCCc1ccc(-c2ccc(CCCCC)c(CCCCC)c2N)c(N)c1CCCCC. The highest BCUT2D eigenvalue weighted by Gasteiger charge is 2.17. The van der Waals surface area contributed by atoms with Gasteiger partial charge in [-0.3, -0.25) is 0 Å². The van der Waals surface area contributed by atoms with Crippen molar-refractivity contribution in [2.75, 3.05) is 11.5 Å². The average Bonchev–Trinajstić information content (AvgIpc) is 2.83. The predicted molar refractivity (Wildman–Crippen MR) is 154 cm³/mol. The number of anilines is 2. The maximum absolute atomic E-state index is 6.92. The summed E-state index contributed by atoms with van der Waals surface area (Å²) in [6.07, 6.45) is 19.4. The molecule has 0 amide bonds. The van der Waals surface area contributed by atoms with Gasteiger partial charge in [0.1, 0.15) is 0 Å². The Morgan fingerprint density at radius 3 is 1.09 bits per heavy atom. The van der Waals surface area contributed by atoms with Gasteiger partial charge in [-0.15, -0.1) is 0 Å². The minimum atomic E-state index is 0.968. The number of unbranched alkanes of at least 4 members (excludes halogenated alkanes) is 8. The van der Waals surface area contributed by atoms with Crippen molar-refractivity contribution in [1.29, 1.82) is 0 Å². The Labute approximate surface area is 210 Å². The molecule has 0 aliphatic carbocycles. The van der Waals surface area contributed by atoms with E-state index in [2.05, 4.69) is 52.0 Å². The normalized spacial score (nSPS) is 11.3. The van der Waals surface area contributed by atoms with E-state index in [-0.39, 0.29) is 0 Å². The van der Waals surface area contributed by atoms with Gasteiger partial charge in [0.2, 0.25) is 0 Å². The predicted octanol–water partition coefficient (Wildman–Crippen LogP) is 9.45. The van der Waals surface area contributed by atoms with Crippen molar-refractivity contribution in [2.45, 2.75) is 130 Å². The standard InChI is InChI=1S/C32H52N2/c1-5-9-13-17-25-21-23-29(31(33)27(25)19-15-11-7-3)30-24-22-26(18-14-10-6-2)28(32(30)34)20-16-12-8-4/h21-24H,5-20,33-34H2,1-4H3. The van der Waals surface area contributed by atoms with Gasteiger partial charge < -0.3 is 11.5 Å². The quantitative estimate of drug-likeness (QED) is 0.181. The van der Waals surface area contributed by atoms with Crippen LogP contribution in [0.3, 0.4) is 0 Å². The number of aryl methyl sites for hydroxylation is 2. The summed E-state index contributed by atoms with van der Waals surface area (Å²) in [5.74, 6) is 0. The number of nitrogen functional groups attached to an aromatic ring is 2. The number of hydrogen-bond donors (Lipinski definition) is 2. The van der Waals surface area contributed by atoms with E-state index in [0.717, 1.165) is 48.2 Å². The molecule has 0 saturated carbocycles. The van der Waals surface area contributed by atoms with Crippen LogP contribution in [0.4, 0.5) is 11.4 Å². The van der Waals surface area contributed by atoms with Gasteiger partial charge in [0.15, 0.2) is 0 Å². The second kappa shape index (κ2) is 15.8. The molecule has 0 atom stereocenters. The fraction of sp³-hybridized carbons (Fsp3) is 0.625. The van der Waals surface area contributed by atoms with Crippen molar-refractivity contribution < 1.29 is 0 Å². The Balaban J connectivity index is 2.46. The molecule has 2 heteroatoms. The summed E-state index contributed by atoms with van der Waals surface area (Å²) in [6.45, 7) is 9.08. The zero-order chi connectivity index (χ0) is 24.8. The molecule has 34 heavy (non-hydrogen) atoms. The van der Waals surface area contributed by atoms with E-state index in [0.29, 0.717) is 0 Å². The van der Waals surface area contributed by atoms with Crippen molar-refractivity contribution in [1.82, 2.24) is 0 Å². The molecule has 0 bridgehead atoms. The van der Waals surface area contributed by atoms with E-state index in [1.165, 1.54) is 99.3 Å². The van der Waals surface area contributed by atoms with E-state index in [1.807, 2.05) is 0 Å². The minimum Gasteiger partial charge on any atom is -0.398 e. The van der Waals surface area contributed by atoms with E-state index in [1.54, 1.807) is 0 Å². The first-order chi connectivity index (χ1) is 16.6. The van der Waals surface area contributed by atoms with Crippen LogP contribution < -0.4 is 11.5 Å². The second-order valence-corrected chi connectivity index (χ2v) is 10.2. The third kappa shape index (κ3) is 8.07. The molecule has 2 aromatic rings. The summed E-state index contributed by atoms with van der Waals surface area (Å²) in [7, 11) is 0. The van der Waals surface area contributed by atoms with Crippen molar-refractivity contribution in [2.24, 2.45) is 0 Å². The van der Waals surface area contributed by atoms with E-state index in [9.17, 15) is 0 Å². The van der Waals surface area contributed by atoms with Crippen molar-refractivity contribution in [3.63, 3.8) is 0 Å². The van der Waals surface area contributed by atoms with E-state index in [4.69, 9.17) is 11.5 Å². The molecule has 0 fully saturated rings. The summed E-state index contributed by atoms with van der Waals surface area (Å²) in [5, 5.41) is 0. The Morgan fingerprint density at radius 1 is 0.441 bits per heavy atom. The zero-order valence-electron chi connectivity index (χ0n) is 22.8. The fourth-order valence-electron chi connectivity index (χ4n) is 5.18. The molecular weight excluding hydrogens is 412 g/mol. The van der Waals surface area contributed by atoms with Gasteiger partial charge in [-0.05, 0) is 73.6 Å². The van der Waals surface area contributed by atoms with Crippen LogP contribution in [0.2, 0.25) is 0 Å². The van der Waals surface area contributed by atoms with Crippen LogP contribution in [0.15, 0.2) is 24.3 Å². The van der Waals surface area contributed by atoms with Crippen LogP contribution in [-0.4, -0.2) is 0 Å². The number of nitrogens with two attached hydrogens (primary N) is 2. The monoisotopic (exact) mass is 464 g/mol. The van der Waals surface area contributed by atoms with Crippen LogP contribution in [-0.2, 0) is 25.7 Å². The maximum Gasteiger partial charge on any atom is 0.0429 e. The van der Waals surface area contributed by atoms with Gasteiger partial charge in [-0.1, -0.05) is 103 Å². The topological polar surface area (TPSA) is 52.0 Å². The molecule has 0 aliphatic rings. The van der Waals surface area contributed by atoms with Crippen LogP contribution in [0.1, 0.15) is 127 Å². The number of rotatable bonds is 17. The summed E-state index contributed by atoms with van der Waals surface area (Å²) in [4.78, 5) is 0. The first-order valence-electron chi connectivity index (χ1n) is 14.4. The molecule has 0 unspecified atom stereocenters. The maximum atomic E-state index is 6.92. The highest BCUT2D eigenvalue weighted by molar-refractivity contribution is 5.88. The highest BCUT2D eigenvalue weighted by Crippen LogP contribution is 2.38. The molecule has 0 spiro atoms. The fourth-order valence-corrected chi connectivity index (χ4v) is 5.18. The summed E-state index contributed by atoms with van der Waals surface area (Å²) in [5.41, 5.74) is 23.7. The van der Waals surface area contributed by atoms with Gasteiger partial charge in [0, 0.05) is 22.5 Å². The van der Waals surface area contributed by atoms with E-state index < -0.39 is 0 Å². The molecule has 190 valence electrons. The van der Waals surface area contributed by atoms with E-state index >= 15 is 0 Å². The Hall–Kier alpha value is -1.96. The molecule has 0 aliphatic heterocycles. The van der Waals surface area contributed by atoms with Gasteiger partial charge in [-0.25, -0.2) is 0 Å². The molecule has 2 rings (SSSR count). The van der Waals surface area contributed by atoms with Crippen molar-refractivity contribution in [3.8, 4) is 11.1 Å². The molecule has 0 saturated heterocycles. The first-order valence-corrected chi connectivity index (χ1v) is 14.4. The largest absolute Gasteiger partial charge is 0.398 e. The molecule has 0 radical (unpaired) electrons. The Morgan fingerprint density at radius 2 is 0.765 bits per heavy atom. The lowest BCUT2D eigenvalue weighted by atomic mass is 9.87. The number of hydrogen-bond acceptors (Lipinski definition) is 2. The molecule has 0 heterocycles. The molecule has 4 N–H and O–H groups in total. The average molecular weight is 465 g/mol. The van der Waals surface area contributed by atoms with Gasteiger partial charge in [0.05, 0.1) is 0 Å². The summed E-state index contributed by atoms with van der Waals surface area (Å²) >= 11 is 0. The lowest BCUT2D eigenvalue weighted by molar-refractivity contribution is 0.694. The third-order valence-corrected chi connectivity index (χ3v) is 7.36. The smallest absolute Gasteiger partial charge is 0.0429 e. The third-order valence-electron chi connectivity index (χ3n) is 7.36.